The Kier molecular flexibility index (Phi) is 8.21. The third-order valence-electron chi connectivity index (χ3n) is 4.17. The number of hydrogen-bond acceptors (Lipinski definition) is 6. The Morgan fingerprint density at radius 1 is 0.966 bits per heavy atom. The summed E-state index contributed by atoms with van der Waals surface area (Å²) in [6.07, 6.45) is -0.280. The SMILES string of the molecule is COc1ccc(CCNC(=O)[C@@H](C)OC(=O)COc2ccc(C(C)=O)cc2)cc1. The van der Waals surface area contributed by atoms with E-state index in [1.807, 2.05) is 24.3 Å². The highest BCUT2D eigenvalue weighted by molar-refractivity contribution is 5.94. The van der Waals surface area contributed by atoms with Crippen molar-refractivity contribution in [2.24, 2.45) is 0 Å². The molecule has 7 heteroatoms. The summed E-state index contributed by atoms with van der Waals surface area (Å²) in [4.78, 5) is 35.2. The number of hydrogen-bond donors (Lipinski definition) is 1. The lowest BCUT2D eigenvalue weighted by Gasteiger charge is -2.14. The zero-order valence-electron chi connectivity index (χ0n) is 16.8. The molecule has 1 atom stereocenters. The fraction of sp³-hybridized carbons (Fsp3) is 0.318. The molecule has 0 unspecified atom stereocenters. The number of carbonyl (C=O) groups excluding carboxylic acids is 3. The molecule has 0 spiro atoms. The van der Waals surface area contributed by atoms with Gasteiger partial charge in [0.15, 0.2) is 18.5 Å². The molecule has 0 saturated carbocycles. The van der Waals surface area contributed by atoms with Crippen LogP contribution in [0.5, 0.6) is 11.5 Å². The maximum Gasteiger partial charge on any atom is 0.344 e. The number of esters is 1. The number of amides is 1. The highest BCUT2D eigenvalue weighted by atomic mass is 16.6. The van der Waals surface area contributed by atoms with E-state index < -0.39 is 12.1 Å². The standard InChI is InChI=1S/C22H25NO6/c1-15(24)18-6-10-20(11-7-18)28-14-21(25)29-16(2)22(26)23-13-12-17-4-8-19(27-3)9-5-17/h4-11,16H,12-14H2,1-3H3,(H,23,26)/t16-/m1/s1. The van der Waals surface area contributed by atoms with Crippen LogP contribution in [0.4, 0.5) is 0 Å². The number of benzene rings is 2. The first kappa shape index (κ1) is 21.9. The molecule has 2 rings (SSSR count). The highest BCUT2D eigenvalue weighted by Crippen LogP contribution is 2.13. The van der Waals surface area contributed by atoms with Crippen molar-refractivity contribution in [2.75, 3.05) is 20.3 Å². The Hall–Kier alpha value is -3.35. The summed E-state index contributed by atoms with van der Waals surface area (Å²) in [5, 5.41) is 2.74. The number of methoxy groups -OCH3 is 1. The van der Waals surface area contributed by atoms with Crippen molar-refractivity contribution in [1.82, 2.24) is 5.32 Å². The minimum atomic E-state index is -0.929. The molecule has 0 fully saturated rings. The first-order valence-electron chi connectivity index (χ1n) is 9.23. The molecule has 1 N–H and O–H groups in total. The zero-order valence-corrected chi connectivity index (χ0v) is 16.8. The predicted octanol–water partition coefficient (Wildman–Crippen LogP) is 2.57. The van der Waals surface area contributed by atoms with E-state index in [1.165, 1.54) is 13.8 Å². The van der Waals surface area contributed by atoms with Gasteiger partial charge in [0.25, 0.3) is 5.91 Å². The van der Waals surface area contributed by atoms with Gasteiger partial charge in [-0.1, -0.05) is 12.1 Å². The summed E-state index contributed by atoms with van der Waals surface area (Å²) >= 11 is 0. The van der Waals surface area contributed by atoms with Crippen LogP contribution in [0.2, 0.25) is 0 Å². The predicted molar refractivity (Wildman–Crippen MR) is 107 cm³/mol. The topological polar surface area (TPSA) is 90.9 Å². The smallest absolute Gasteiger partial charge is 0.344 e. The Morgan fingerprint density at radius 2 is 1.59 bits per heavy atom. The van der Waals surface area contributed by atoms with Crippen molar-refractivity contribution in [3.63, 3.8) is 0 Å². The van der Waals surface area contributed by atoms with Gasteiger partial charge in [0.1, 0.15) is 11.5 Å². The van der Waals surface area contributed by atoms with Crippen molar-refractivity contribution in [1.29, 1.82) is 0 Å². The maximum atomic E-state index is 12.1. The third-order valence-corrected chi connectivity index (χ3v) is 4.17. The van der Waals surface area contributed by atoms with Crippen LogP contribution in [0.25, 0.3) is 0 Å². The number of nitrogens with one attached hydrogen (secondary N) is 1. The second-order valence-corrected chi connectivity index (χ2v) is 6.39. The number of ketones is 1. The molecular weight excluding hydrogens is 374 g/mol. The molecule has 0 aromatic heterocycles. The lowest BCUT2D eigenvalue weighted by Crippen LogP contribution is -2.37. The molecule has 2 aromatic carbocycles. The average Bonchev–Trinajstić information content (AvgIpc) is 2.72. The van der Waals surface area contributed by atoms with Gasteiger partial charge in [-0.05, 0) is 62.2 Å². The zero-order chi connectivity index (χ0) is 21.2. The van der Waals surface area contributed by atoms with Crippen molar-refractivity contribution < 1.29 is 28.6 Å². The summed E-state index contributed by atoms with van der Waals surface area (Å²) in [7, 11) is 1.60. The summed E-state index contributed by atoms with van der Waals surface area (Å²) in [6.45, 7) is 3.06. The molecule has 0 radical (unpaired) electrons. The van der Waals surface area contributed by atoms with Crippen LogP contribution in [0.1, 0.15) is 29.8 Å². The molecule has 0 heterocycles. The van der Waals surface area contributed by atoms with Crippen LogP contribution in [0.3, 0.4) is 0 Å². The van der Waals surface area contributed by atoms with Gasteiger partial charge >= 0.3 is 5.97 Å². The average molecular weight is 399 g/mol. The molecule has 29 heavy (non-hydrogen) atoms. The summed E-state index contributed by atoms with van der Waals surface area (Å²) in [5.41, 5.74) is 1.61. The van der Waals surface area contributed by atoms with E-state index in [0.717, 1.165) is 11.3 Å². The van der Waals surface area contributed by atoms with Crippen LogP contribution in [0.15, 0.2) is 48.5 Å². The lowest BCUT2D eigenvalue weighted by atomic mass is 10.1. The molecule has 154 valence electrons. The summed E-state index contributed by atoms with van der Waals surface area (Å²) in [6, 6.07) is 14.0. The fourth-order valence-electron chi connectivity index (χ4n) is 2.48. The molecular formula is C22H25NO6. The first-order valence-corrected chi connectivity index (χ1v) is 9.23. The Balaban J connectivity index is 1.69. The molecule has 0 aliphatic carbocycles. The van der Waals surface area contributed by atoms with Crippen LogP contribution in [-0.4, -0.2) is 44.0 Å². The Labute approximate surface area is 170 Å². The monoisotopic (exact) mass is 399 g/mol. The second kappa shape index (κ2) is 10.8. The lowest BCUT2D eigenvalue weighted by molar-refractivity contribution is -0.156. The van der Waals surface area contributed by atoms with Crippen LogP contribution >= 0.6 is 0 Å². The minimum Gasteiger partial charge on any atom is -0.497 e. The number of Topliss-reactive ketones (excluding diaryl/α,β-unsaturated/α-hetero) is 1. The molecule has 0 aliphatic heterocycles. The summed E-state index contributed by atoms with van der Waals surface area (Å²) < 4.78 is 15.5. The maximum absolute atomic E-state index is 12.1. The molecule has 0 bridgehead atoms. The highest BCUT2D eigenvalue weighted by Gasteiger charge is 2.17. The summed E-state index contributed by atoms with van der Waals surface area (Å²) in [5.74, 6) is 0.123. The normalized spacial score (nSPS) is 11.3. The van der Waals surface area contributed by atoms with E-state index in [0.29, 0.717) is 24.3 Å². The van der Waals surface area contributed by atoms with E-state index in [-0.39, 0.29) is 18.3 Å². The van der Waals surface area contributed by atoms with E-state index in [1.54, 1.807) is 31.4 Å². The molecule has 1 amide bonds. The van der Waals surface area contributed by atoms with Gasteiger partial charge in [0, 0.05) is 12.1 Å². The first-order chi connectivity index (χ1) is 13.9. The number of rotatable bonds is 10. The van der Waals surface area contributed by atoms with Crippen LogP contribution in [0, 0.1) is 0 Å². The van der Waals surface area contributed by atoms with E-state index in [4.69, 9.17) is 14.2 Å². The van der Waals surface area contributed by atoms with Gasteiger partial charge in [-0.15, -0.1) is 0 Å². The van der Waals surface area contributed by atoms with E-state index in [9.17, 15) is 14.4 Å². The van der Waals surface area contributed by atoms with E-state index in [2.05, 4.69) is 5.32 Å². The van der Waals surface area contributed by atoms with Gasteiger partial charge < -0.3 is 19.5 Å². The van der Waals surface area contributed by atoms with Crippen LogP contribution in [-0.2, 0) is 20.7 Å². The molecule has 0 aliphatic rings. The van der Waals surface area contributed by atoms with Crippen molar-refractivity contribution in [3.05, 3.63) is 59.7 Å². The minimum absolute atomic E-state index is 0.0530. The van der Waals surface area contributed by atoms with E-state index >= 15 is 0 Å². The second-order valence-electron chi connectivity index (χ2n) is 6.39. The van der Waals surface area contributed by atoms with Gasteiger partial charge in [0.05, 0.1) is 7.11 Å². The Bertz CT molecular complexity index is 829. The quantitative estimate of drug-likeness (QED) is 0.488. The largest absolute Gasteiger partial charge is 0.497 e. The fourth-order valence-corrected chi connectivity index (χ4v) is 2.48. The third kappa shape index (κ3) is 7.29. The van der Waals surface area contributed by atoms with Gasteiger partial charge in [-0.2, -0.15) is 0 Å². The molecule has 7 nitrogen and oxygen atoms in total. The van der Waals surface area contributed by atoms with Gasteiger partial charge in [0.2, 0.25) is 0 Å². The van der Waals surface area contributed by atoms with Crippen molar-refractivity contribution >= 4 is 17.7 Å². The van der Waals surface area contributed by atoms with Crippen molar-refractivity contribution in [3.8, 4) is 11.5 Å². The number of ether oxygens (including phenoxy) is 3. The number of carbonyl (C=O) groups is 3. The van der Waals surface area contributed by atoms with Crippen molar-refractivity contribution in [2.45, 2.75) is 26.4 Å². The van der Waals surface area contributed by atoms with Gasteiger partial charge in [-0.3, -0.25) is 9.59 Å². The van der Waals surface area contributed by atoms with Crippen LogP contribution < -0.4 is 14.8 Å². The molecule has 2 aromatic rings. The molecule has 0 saturated heterocycles. The van der Waals surface area contributed by atoms with Gasteiger partial charge in [-0.25, -0.2) is 4.79 Å². The Morgan fingerprint density at radius 3 is 2.17 bits per heavy atom.